The van der Waals surface area contributed by atoms with Crippen LogP contribution in [0.15, 0.2) is 18.2 Å². The number of halogens is 2. The highest BCUT2D eigenvalue weighted by Gasteiger charge is 2.34. The highest BCUT2D eigenvalue weighted by molar-refractivity contribution is 5.82. The van der Waals surface area contributed by atoms with E-state index in [4.69, 9.17) is 5.73 Å². The molecule has 3 nitrogen and oxygen atoms in total. The molecule has 1 amide bonds. The summed E-state index contributed by atoms with van der Waals surface area (Å²) in [5.74, 6) is -1.36. The highest BCUT2D eigenvalue weighted by Crippen LogP contribution is 2.29. The van der Waals surface area contributed by atoms with Gasteiger partial charge >= 0.3 is 0 Å². The van der Waals surface area contributed by atoms with Crippen molar-refractivity contribution >= 4 is 5.91 Å². The van der Waals surface area contributed by atoms with Crippen LogP contribution in [0, 0.1) is 11.6 Å². The molecule has 0 saturated heterocycles. The zero-order chi connectivity index (χ0) is 15.4. The Labute approximate surface area is 124 Å². The van der Waals surface area contributed by atoms with Crippen LogP contribution in [0.4, 0.5) is 8.78 Å². The van der Waals surface area contributed by atoms with E-state index in [1.807, 2.05) is 6.92 Å². The molecular weight excluding hydrogens is 274 g/mol. The zero-order valence-corrected chi connectivity index (χ0v) is 12.3. The van der Waals surface area contributed by atoms with E-state index in [-0.39, 0.29) is 18.5 Å². The Bertz CT molecular complexity index is 503. The Morgan fingerprint density at radius 3 is 2.71 bits per heavy atom. The van der Waals surface area contributed by atoms with Gasteiger partial charge in [-0.05, 0) is 25.3 Å². The van der Waals surface area contributed by atoms with Gasteiger partial charge in [-0.25, -0.2) is 8.78 Å². The van der Waals surface area contributed by atoms with Crippen molar-refractivity contribution in [2.24, 2.45) is 5.73 Å². The van der Waals surface area contributed by atoms with Crippen LogP contribution in [0.5, 0.6) is 0 Å². The van der Waals surface area contributed by atoms with E-state index < -0.39 is 17.7 Å². The Hall–Kier alpha value is -1.49. The number of nitrogens with two attached hydrogens (primary N) is 1. The first-order valence-corrected chi connectivity index (χ1v) is 7.53. The topological polar surface area (TPSA) is 46.3 Å². The Morgan fingerprint density at radius 1 is 1.43 bits per heavy atom. The van der Waals surface area contributed by atoms with E-state index in [1.54, 1.807) is 4.90 Å². The second-order valence-corrected chi connectivity index (χ2v) is 5.68. The number of carbonyl (C=O) groups excluding carboxylic acids is 1. The van der Waals surface area contributed by atoms with Crippen LogP contribution >= 0.6 is 0 Å². The fourth-order valence-electron chi connectivity index (χ4n) is 2.37. The predicted octanol–water partition coefficient (Wildman–Crippen LogP) is 2.97. The van der Waals surface area contributed by atoms with Crippen LogP contribution in [0.25, 0.3) is 0 Å². The summed E-state index contributed by atoms with van der Waals surface area (Å²) in [4.78, 5) is 14.1. The van der Waals surface area contributed by atoms with E-state index in [0.717, 1.165) is 31.7 Å². The predicted molar refractivity (Wildman–Crippen MR) is 77.4 cm³/mol. The van der Waals surface area contributed by atoms with Gasteiger partial charge in [0, 0.05) is 24.2 Å². The number of hydrogen-bond acceptors (Lipinski definition) is 2. The molecule has 0 aromatic heterocycles. The summed E-state index contributed by atoms with van der Waals surface area (Å²) in [5.41, 5.74) is 6.27. The molecule has 0 bridgehead atoms. The largest absolute Gasteiger partial charge is 0.334 e. The molecule has 2 N–H and O–H groups in total. The second kappa shape index (κ2) is 6.98. The van der Waals surface area contributed by atoms with Gasteiger partial charge in [0.2, 0.25) is 5.91 Å². The molecule has 1 saturated carbocycles. The molecule has 1 aromatic rings. The van der Waals surface area contributed by atoms with E-state index in [1.165, 1.54) is 12.1 Å². The first-order valence-electron chi connectivity index (χ1n) is 7.53. The number of rotatable bonds is 7. The lowest BCUT2D eigenvalue weighted by Crippen LogP contribution is -2.44. The van der Waals surface area contributed by atoms with Crippen molar-refractivity contribution in [3.63, 3.8) is 0 Å². The van der Waals surface area contributed by atoms with Gasteiger partial charge in [0.1, 0.15) is 11.6 Å². The van der Waals surface area contributed by atoms with Crippen LogP contribution in [0.1, 0.15) is 44.6 Å². The smallest absolute Gasteiger partial charge is 0.240 e. The molecular formula is C16H22F2N2O. The molecule has 2 rings (SSSR count). The zero-order valence-electron chi connectivity index (χ0n) is 12.3. The summed E-state index contributed by atoms with van der Waals surface area (Å²) in [6.07, 6.45) is 4.38. The summed E-state index contributed by atoms with van der Waals surface area (Å²) in [5, 5.41) is 0. The summed E-state index contributed by atoms with van der Waals surface area (Å²) < 4.78 is 26.7. The molecule has 5 heteroatoms. The second-order valence-electron chi connectivity index (χ2n) is 5.68. The molecule has 1 aliphatic carbocycles. The molecule has 1 fully saturated rings. The molecule has 1 aromatic carbocycles. The number of unbranched alkanes of at least 4 members (excludes halogenated alkanes) is 1. The summed E-state index contributed by atoms with van der Waals surface area (Å²) in [7, 11) is 0. The van der Waals surface area contributed by atoms with Gasteiger partial charge in [-0.15, -0.1) is 0 Å². The molecule has 1 atom stereocenters. The highest BCUT2D eigenvalue weighted by atomic mass is 19.1. The van der Waals surface area contributed by atoms with Gasteiger partial charge in [-0.2, -0.15) is 0 Å². The minimum Gasteiger partial charge on any atom is -0.334 e. The van der Waals surface area contributed by atoms with E-state index in [9.17, 15) is 13.6 Å². The SMILES string of the molecule is CCCC[C@H](N)C(=O)N(Cc1ccc(F)cc1F)C1CC1. The quantitative estimate of drug-likeness (QED) is 0.841. The normalized spacial score (nSPS) is 15.8. The van der Waals surface area contributed by atoms with Crippen molar-refractivity contribution in [2.75, 3.05) is 0 Å². The lowest BCUT2D eigenvalue weighted by molar-refractivity contribution is -0.134. The summed E-state index contributed by atoms with van der Waals surface area (Å²) >= 11 is 0. The maximum atomic E-state index is 13.8. The molecule has 0 aliphatic heterocycles. The van der Waals surface area contributed by atoms with E-state index in [2.05, 4.69) is 0 Å². The lowest BCUT2D eigenvalue weighted by Gasteiger charge is -2.26. The number of hydrogen-bond donors (Lipinski definition) is 1. The van der Waals surface area contributed by atoms with Crippen molar-refractivity contribution in [1.82, 2.24) is 4.90 Å². The van der Waals surface area contributed by atoms with Crippen LogP contribution in [-0.2, 0) is 11.3 Å². The average Bonchev–Trinajstić information content (AvgIpc) is 3.27. The first kappa shape index (κ1) is 15.9. The van der Waals surface area contributed by atoms with Crippen LogP contribution in [0.2, 0.25) is 0 Å². The van der Waals surface area contributed by atoms with E-state index in [0.29, 0.717) is 12.0 Å². The van der Waals surface area contributed by atoms with Crippen LogP contribution in [0.3, 0.4) is 0 Å². The molecule has 116 valence electrons. The number of benzene rings is 1. The standard InChI is InChI=1S/C16H22F2N2O/c1-2-3-4-15(19)16(21)20(13-7-8-13)10-11-5-6-12(17)9-14(11)18/h5-6,9,13,15H,2-4,7-8,10,19H2,1H3/t15-/m0/s1. The summed E-state index contributed by atoms with van der Waals surface area (Å²) in [6, 6.07) is 3.07. The van der Waals surface area contributed by atoms with Gasteiger partial charge in [-0.3, -0.25) is 4.79 Å². The third-order valence-electron chi connectivity index (χ3n) is 3.81. The maximum Gasteiger partial charge on any atom is 0.240 e. The molecule has 0 unspecified atom stereocenters. The van der Waals surface area contributed by atoms with Crippen molar-refractivity contribution < 1.29 is 13.6 Å². The van der Waals surface area contributed by atoms with Crippen LogP contribution < -0.4 is 5.73 Å². The maximum absolute atomic E-state index is 13.8. The fraction of sp³-hybridized carbons (Fsp3) is 0.562. The van der Waals surface area contributed by atoms with E-state index >= 15 is 0 Å². The van der Waals surface area contributed by atoms with Gasteiger partial charge in [0.25, 0.3) is 0 Å². The molecule has 0 radical (unpaired) electrons. The van der Waals surface area contributed by atoms with Crippen molar-refractivity contribution in [1.29, 1.82) is 0 Å². The van der Waals surface area contributed by atoms with Gasteiger partial charge in [0.15, 0.2) is 0 Å². The third-order valence-corrected chi connectivity index (χ3v) is 3.81. The van der Waals surface area contributed by atoms with Gasteiger partial charge in [-0.1, -0.05) is 25.8 Å². The summed E-state index contributed by atoms with van der Waals surface area (Å²) in [6.45, 7) is 2.21. The van der Waals surface area contributed by atoms with Crippen molar-refractivity contribution in [3.8, 4) is 0 Å². The lowest BCUT2D eigenvalue weighted by atomic mass is 10.1. The van der Waals surface area contributed by atoms with Crippen molar-refractivity contribution in [2.45, 2.75) is 57.7 Å². The van der Waals surface area contributed by atoms with Crippen LogP contribution in [-0.4, -0.2) is 22.9 Å². The van der Waals surface area contributed by atoms with Crippen molar-refractivity contribution in [3.05, 3.63) is 35.4 Å². The Kier molecular flexibility index (Phi) is 5.28. The monoisotopic (exact) mass is 296 g/mol. The van der Waals surface area contributed by atoms with Gasteiger partial charge < -0.3 is 10.6 Å². The average molecular weight is 296 g/mol. The molecule has 0 spiro atoms. The molecule has 1 aliphatic rings. The molecule has 0 heterocycles. The number of nitrogens with zero attached hydrogens (tertiary/aromatic N) is 1. The molecule has 21 heavy (non-hydrogen) atoms. The Morgan fingerprint density at radius 2 is 2.14 bits per heavy atom. The minimum absolute atomic E-state index is 0.130. The minimum atomic E-state index is -0.615. The third kappa shape index (κ3) is 4.24. The van der Waals surface area contributed by atoms with Gasteiger partial charge in [0.05, 0.1) is 6.04 Å². The first-order chi connectivity index (χ1) is 10.0. The number of amides is 1. The Balaban J connectivity index is 2.07. The fourth-order valence-corrected chi connectivity index (χ4v) is 2.37. The number of carbonyl (C=O) groups is 1.